The Bertz CT molecular complexity index is 185. The van der Waals surface area contributed by atoms with E-state index in [0.29, 0.717) is 0 Å². The second-order valence-corrected chi connectivity index (χ2v) is 3.48. The summed E-state index contributed by atoms with van der Waals surface area (Å²) in [7, 11) is 0. The molecule has 0 saturated carbocycles. The van der Waals surface area contributed by atoms with Crippen LogP contribution in [0.25, 0.3) is 0 Å². The van der Waals surface area contributed by atoms with E-state index in [1.165, 1.54) is 0 Å². The smallest absolute Gasteiger partial charge is 0.225 e. The van der Waals surface area contributed by atoms with Crippen molar-refractivity contribution in [2.24, 2.45) is 5.92 Å². The van der Waals surface area contributed by atoms with Gasteiger partial charge in [0.2, 0.25) is 5.91 Å². The molecule has 2 saturated heterocycles. The Balaban J connectivity index is 2.05. The van der Waals surface area contributed by atoms with Crippen molar-refractivity contribution in [3.05, 3.63) is 0 Å². The van der Waals surface area contributed by atoms with Crippen LogP contribution in [0.1, 0.15) is 19.8 Å². The molecule has 62 valence electrons. The van der Waals surface area contributed by atoms with E-state index in [0.717, 1.165) is 26.1 Å². The van der Waals surface area contributed by atoms with E-state index in [-0.39, 0.29) is 17.4 Å². The SMILES string of the molecule is CC1C(=O)NC12CCOCC2. The van der Waals surface area contributed by atoms with Gasteiger partial charge < -0.3 is 10.1 Å². The number of hydrogen-bond acceptors (Lipinski definition) is 2. The standard InChI is InChI=1S/C8H13NO2/c1-6-7(10)9-8(6)2-4-11-5-3-8/h6H,2-5H2,1H3,(H,9,10). The Morgan fingerprint density at radius 2 is 2.18 bits per heavy atom. The zero-order chi connectivity index (χ0) is 7.90. The van der Waals surface area contributed by atoms with E-state index < -0.39 is 0 Å². The lowest BCUT2D eigenvalue weighted by atomic mass is 9.72. The summed E-state index contributed by atoms with van der Waals surface area (Å²) in [5.74, 6) is 0.401. The zero-order valence-corrected chi connectivity index (χ0v) is 6.72. The summed E-state index contributed by atoms with van der Waals surface area (Å²) < 4.78 is 5.23. The highest BCUT2D eigenvalue weighted by atomic mass is 16.5. The minimum Gasteiger partial charge on any atom is -0.381 e. The van der Waals surface area contributed by atoms with E-state index in [2.05, 4.69) is 5.32 Å². The molecule has 1 atom stereocenters. The summed E-state index contributed by atoms with van der Waals surface area (Å²) in [6.45, 7) is 3.60. The Morgan fingerprint density at radius 1 is 1.55 bits per heavy atom. The van der Waals surface area contributed by atoms with Gasteiger partial charge in [0, 0.05) is 13.2 Å². The van der Waals surface area contributed by atoms with E-state index >= 15 is 0 Å². The van der Waals surface area contributed by atoms with Crippen LogP contribution in [0.5, 0.6) is 0 Å². The summed E-state index contributed by atoms with van der Waals surface area (Å²) >= 11 is 0. The molecule has 1 unspecified atom stereocenters. The molecule has 0 aliphatic carbocycles. The van der Waals surface area contributed by atoms with Crippen LogP contribution in [0.2, 0.25) is 0 Å². The van der Waals surface area contributed by atoms with Crippen LogP contribution in [-0.4, -0.2) is 24.7 Å². The number of carbonyl (C=O) groups excluding carboxylic acids is 1. The van der Waals surface area contributed by atoms with Crippen molar-refractivity contribution in [3.8, 4) is 0 Å². The third-order valence-corrected chi connectivity index (χ3v) is 2.98. The fourth-order valence-electron chi connectivity index (χ4n) is 1.93. The van der Waals surface area contributed by atoms with Gasteiger partial charge in [-0.15, -0.1) is 0 Å². The monoisotopic (exact) mass is 155 g/mol. The average molecular weight is 155 g/mol. The van der Waals surface area contributed by atoms with Gasteiger partial charge in [-0.3, -0.25) is 4.79 Å². The molecule has 1 amide bonds. The van der Waals surface area contributed by atoms with Gasteiger partial charge in [-0.05, 0) is 12.8 Å². The average Bonchev–Trinajstić information content (AvgIpc) is 2.06. The molecule has 0 aromatic rings. The lowest BCUT2D eigenvalue weighted by Gasteiger charge is -2.50. The van der Waals surface area contributed by atoms with Crippen LogP contribution in [0.4, 0.5) is 0 Å². The van der Waals surface area contributed by atoms with Crippen molar-refractivity contribution >= 4 is 5.91 Å². The molecule has 0 radical (unpaired) electrons. The minimum absolute atomic E-state index is 0.106. The summed E-state index contributed by atoms with van der Waals surface area (Å²) in [5, 5.41) is 2.99. The largest absolute Gasteiger partial charge is 0.381 e. The fraction of sp³-hybridized carbons (Fsp3) is 0.875. The first-order chi connectivity index (χ1) is 5.25. The van der Waals surface area contributed by atoms with Crippen LogP contribution in [-0.2, 0) is 9.53 Å². The van der Waals surface area contributed by atoms with Crippen molar-refractivity contribution < 1.29 is 9.53 Å². The van der Waals surface area contributed by atoms with Gasteiger partial charge in [0.1, 0.15) is 0 Å². The number of carbonyl (C=O) groups is 1. The summed E-state index contributed by atoms with van der Waals surface area (Å²) in [6, 6.07) is 0. The second kappa shape index (κ2) is 2.21. The van der Waals surface area contributed by atoms with Gasteiger partial charge in [-0.25, -0.2) is 0 Å². The maximum atomic E-state index is 11.0. The highest BCUT2D eigenvalue weighted by Gasteiger charge is 2.50. The van der Waals surface area contributed by atoms with Crippen LogP contribution in [0.15, 0.2) is 0 Å². The van der Waals surface area contributed by atoms with E-state index in [1.54, 1.807) is 0 Å². The Kier molecular flexibility index (Phi) is 1.42. The molecule has 0 aromatic heterocycles. The van der Waals surface area contributed by atoms with Crippen LogP contribution >= 0.6 is 0 Å². The molecule has 3 nitrogen and oxygen atoms in total. The van der Waals surface area contributed by atoms with Gasteiger partial charge in [0.15, 0.2) is 0 Å². The summed E-state index contributed by atoms with van der Waals surface area (Å²) in [5.41, 5.74) is 0.106. The van der Waals surface area contributed by atoms with E-state index in [4.69, 9.17) is 4.74 Å². The lowest BCUT2D eigenvalue weighted by molar-refractivity contribution is -0.146. The number of hydrogen-bond donors (Lipinski definition) is 1. The molecule has 2 fully saturated rings. The molecule has 0 bridgehead atoms. The van der Waals surface area contributed by atoms with Crippen LogP contribution in [0.3, 0.4) is 0 Å². The van der Waals surface area contributed by atoms with Gasteiger partial charge >= 0.3 is 0 Å². The molecule has 1 N–H and O–H groups in total. The number of rotatable bonds is 0. The second-order valence-electron chi connectivity index (χ2n) is 3.48. The molecule has 2 aliphatic rings. The number of ether oxygens (including phenoxy) is 1. The Labute approximate surface area is 66.1 Å². The quantitative estimate of drug-likeness (QED) is 0.511. The van der Waals surface area contributed by atoms with Crippen molar-refractivity contribution in [3.63, 3.8) is 0 Å². The Hall–Kier alpha value is -0.570. The predicted molar refractivity (Wildman–Crippen MR) is 40.1 cm³/mol. The molecule has 3 heteroatoms. The van der Waals surface area contributed by atoms with E-state index in [9.17, 15) is 4.79 Å². The van der Waals surface area contributed by atoms with Gasteiger partial charge in [0.25, 0.3) is 0 Å². The molecule has 2 aliphatic heterocycles. The van der Waals surface area contributed by atoms with Crippen molar-refractivity contribution in [1.82, 2.24) is 5.32 Å². The minimum atomic E-state index is 0.106. The van der Waals surface area contributed by atoms with Gasteiger partial charge in [-0.1, -0.05) is 6.92 Å². The van der Waals surface area contributed by atoms with Gasteiger partial charge in [0.05, 0.1) is 11.5 Å². The summed E-state index contributed by atoms with van der Waals surface area (Å²) in [6.07, 6.45) is 1.97. The summed E-state index contributed by atoms with van der Waals surface area (Å²) in [4.78, 5) is 11.0. The number of nitrogens with one attached hydrogen (secondary N) is 1. The number of β-lactam (4-membered cyclic amide) rings is 1. The first kappa shape index (κ1) is 7.10. The first-order valence-electron chi connectivity index (χ1n) is 4.14. The maximum Gasteiger partial charge on any atom is 0.225 e. The third kappa shape index (κ3) is 0.872. The molecule has 0 aromatic carbocycles. The molecule has 1 spiro atoms. The highest BCUT2D eigenvalue weighted by molar-refractivity contribution is 5.87. The fourth-order valence-corrected chi connectivity index (χ4v) is 1.93. The normalized spacial score (nSPS) is 34.6. The molecule has 2 heterocycles. The molecule has 11 heavy (non-hydrogen) atoms. The van der Waals surface area contributed by atoms with E-state index in [1.807, 2.05) is 6.92 Å². The maximum absolute atomic E-state index is 11.0. The predicted octanol–water partition coefficient (Wildman–Crippen LogP) is 0.301. The van der Waals surface area contributed by atoms with Crippen molar-refractivity contribution in [2.45, 2.75) is 25.3 Å². The number of amides is 1. The Morgan fingerprint density at radius 3 is 2.64 bits per heavy atom. The molecule has 2 rings (SSSR count). The highest BCUT2D eigenvalue weighted by Crippen LogP contribution is 2.35. The van der Waals surface area contributed by atoms with Crippen molar-refractivity contribution in [1.29, 1.82) is 0 Å². The topological polar surface area (TPSA) is 38.3 Å². The van der Waals surface area contributed by atoms with Crippen molar-refractivity contribution in [2.75, 3.05) is 13.2 Å². The van der Waals surface area contributed by atoms with Crippen LogP contribution in [0, 0.1) is 5.92 Å². The molecular weight excluding hydrogens is 142 g/mol. The molecular formula is C8H13NO2. The lowest BCUT2D eigenvalue weighted by Crippen LogP contribution is -2.69. The zero-order valence-electron chi connectivity index (χ0n) is 6.72. The first-order valence-corrected chi connectivity index (χ1v) is 4.14. The third-order valence-electron chi connectivity index (χ3n) is 2.98. The van der Waals surface area contributed by atoms with Gasteiger partial charge in [-0.2, -0.15) is 0 Å². The van der Waals surface area contributed by atoms with Crippen LogP contribution < -0.4 is 5.32 Å².